The molecule has 0 bridgehead atoms. The zero-order chi connectivity index (χ0) is 7.28. The van der Waals surface area contributed by atoms with Gasteiger partial charge in [0.15, 0.2) is 0 Å². The smallest absolute Gasteiger partial charge is 0.0484 e. The van der Waals surface area contributed by atoms with Crippen LogP contribution in [0.25, 0.3) is 0 Å². The molecular weight excluding hydrogens is 133 g/mol. The van der Waals surface area contributed by atoms with Gasteiger partial charge in [0.05, 0.1) is 0 Å². The highest BCUT2D eigenvalue weighted by Crippen LogP contribution is 1.99. The third-order valence-corrected chi connectivity index (χ3v) is 1.48. The van der Waals surface area contributed by atoms with E-state index in [1.165, 1.54) is 0 Å². The Morgan fingerprint density at radius 2 is 2.44 bits per heavy atom. The van der Waals surface area contributed by atoms with Gasteiger partial charge in [0.2, 0.25) is 0 Å². The normalized spacial score (nSPS) is 15.8. The molecule has 0 rings (SSSR count). The van der Waals surface area contributed by atoms with Crippen molar-refractivity contribution in [1.82, 2.24) is 5.43 Å². The zero-order valence-electron chi connectivity index (χ0n) is 5.89. The molecule has 2 unspecified atom stereocenters. The monoisotopic (exact) mass is 147 g/mol. The van der Waals surface area contributed by atoms with Crippen molar-refractivity contribution in [1.29, 1.82) is 0 Å². The van der Waals surface area contributed by atoms with Crippen LogP contribution in [0.4, 0.5) is 0 Å². The van der Waals surface area contributed by atoms with E-state index in [-0.39, 0.29) is 0 Å². The molecule has 0 amide bonds. The Hall–Kier alpha value is 0.0200. The van der Waals surface area contributed by atoms with Gasteiger partial charge in [-0.15, -0.1) is 9.24 Å². The van der Waals surface area contributed by atoms with Crippen molar-refractivity contribution < 1.29 is 0 Å². The summed E-state index contributed by atoms with van der Waals surface area (Å²) in [4.78, 5) is 4.03. The number of hydrogen-bond acceptors (Lipinski definition) is 3. The number of rotatable bonds is 3. The Balaban J connectivity index is 3.70. The topological polar surface area (TPSA) is 50.4 Å². The molecule has 0 aromatic carbocycles. The molecule has 0 spiro atoms. The Morgan fingerprint density at radius 3 is 2.56 bits per heavy atom. The van der Waals surface area contributed by atoms with Gasteiger partial charge in [-0.05, 0) is 0 Å². The molecule has 0 aliphatic rings. The van der Waals surface area contributed by atoms with E-state index in [2.05, 4.69) is 26.6 Å². The second kappa shape index (κ2) is 4.86. The van der Waals surface area contributed by atoms with Crippen molar-refractivity contribution in [2.45, 2.75) is 12.6 Å². The minimum Gasteiger partial charge on any atom is -0.295 e. The molecule has 0 fully saturated rings. The number of nitrogens with one attached hydrogen (secondary N) is 1. The second-order valence-electron chi connectivity index (χ2n) is 1.88. The Morgan fingerprint density at radius 1 is 1.89 bits per heavy atom. The number of aliphatic imine (C=N–C) groups is 1. The minimum absolute atomic E-state index is 0.408. The van der Waals surface area contributed by atoms with Crippen LogP contribution >= 0.6 is 9.24 Å². The maximum atomic E-state index is 5.10. The lowest BCUT2D eigenvalue weighted by molar-refractivity contribution is 0.834. The van der Waals surface area contributed by atoms with Crippen molar-refractivity contribution in [3.8, 4) is 0 Å². The minimum atomic E-state index is 0.408. The standard InChI is InChI=1S/C5H14N3P/c1-4(9)5(7-2)3-8-6/h4,8H,3,6,9H2,1-2H3/b7-5-. The summed E-state index contributed by atoms with van der Waals surface area (Å²) < 4.78 is 0. The number of hydrazine groups is 1. The van der Waals surface area contributed by atoms with Crippen LogP contribution in [0.3, 0.4) is 0 Å². The average molecular weight is 147 g/mol. The maximum Gasteiger partial charge on any atom is 0.0484 e. The van der Waals surface area contributed by atoms with Gasteiger partial charge in [-0.1, -0.05) is 6.92 Å². The molecule has 2 atom stereocenters. The number of nitrogens with two attached hydrogens (primary N) is 1. The molecule has 9 heavy (non-hydrogen) atoms. The molecule has 0 saturated carbocycles. The van der Waals surface area contributed by atoms with Gasteiger partial charge in [-0.3, -0.25) is 16.3 Å². The molecule has 0 aliphatic carbocycles. The summed E-state index contributed by atoms with van der Waals surface area (Å²) in [6, 6.07) is 0. The van der Waals surface area contributed by atoms with Crippen LogP contribution in [-0.4, -0.2) is 25.0 Å². The third-order valence-electron chi connectivity index (χ3n) is 1.10. The first-order chi connectivity index (χ1) is 4.22. The Bertz CT molecular complexity index is 100. The van der Waals surface area contributed by atoms with Crippen LogP contribution < -0.4 is 11.3 Å². The lowest BCUT2D eigenvalue weighted by Gasteiger charge is -2.06. The molecule has 4 heteroatoms. The van der Waals surface area contributed by atoms with Crippen molar-refractivity contribution in [2.24, 2.45) is 10.8 Å². The Labute approximate surface area is 58.3 Å². The molecule has 0 aromatic heterocycles. The van der Waals surface area contributed by atoms with Crippen LogP contribution in [0.5, 0.6) is 0 Å². The molecule has 3 nitrogen and oxygen atoms in total. The van der Waals surface area contributed by atoms with Gasteiger partial charge in [0.1, 0.15) is 0 Å². The van der Waals surface area contributed by atoms with Gasteiger partial charge in [0, 0.05) is 25.0 Å². The molecule has 54 valence electrons. The average Bonchev–Trinajstić information content (AvgIpc) is 1.82. The number of hydrogen-bond donors (Lipinski definition) is 2. The van der Waals surface area contributed by atoms with Gasteiger partial charge < -0.3 is 0 Å². The van der Waals surface area contributed by atoms with Gasteiger partial charge in [0.25, 0.3) is 0 Å². The van der Waals surface area contributed by atoms with Crippen LogP contribution in [0.15, 0.2) is 4.99 Å². The van der Waals surface area contributed by atoms with E-state index in [9.17, 15) is 0 Å². The lowest BCUT2D eigenvalue weighted by Crippen LogP contribution is -2.32. The summed E-state index contributed by atoms with van der Waals surface area (Å²) in [6.45, 7) is 2.73. The molecule has 0 aliphatic heterocycles. The van der Waals surface area contributed by atoms with Crippen LogP contribution in [0, 0.1) is 0 Å². The van der Waals surface area contributed by atoms with Crippen LogP contribution in [0.1, 0.15) is 6.92 Å². The highest BCUT2D eigenvalue weighted by atomic mass is 31.0. The Kier molecular flexibility index (Phi) is 4.87. The fourth-order valence-corrected chi connectivity index (χ4v) is 0.815. The molecule has 3 N–H and O–H groups in total. The van der Waals surface area contributed by atoms with E-state index in [1.807, 2.05) is 0 Å². The summed E-state index contributed by atoms with van der Waals surface area (Å²) in [7, 11) is 4.44. The quantitative estimate of drug-likeness (QED) is 0.251. The summed E-state index contributed by atoms with van der Waals surface area (Å²) >= 11 is 0. The van der Waals surface area contributed by atoms with E-state index in [0.717, 1.165) is 5.71 Å². The molecule has 0 radical (unpaired) electrons. The predicted octanol–water partition coefficient (Wildman–Crippen LogP) is -0.216. The van der Waals surface area contributed by atoms with Gasteiger partial charge in [-0.25, -0.2) is 0 Å². The van der Waals surface area contributed by atoms with Crippen molar-refractivity contribution in [3.05, 3.63) is 0 Å². The molecule has 0 saturated heterocycles. The summed E-state index contributed by atoms with van der Waals surface area (Å²) in [5, 5.41) is 0. The van der Waals surface area contributed by atoms with E-state index in [1.54, 1.807) is 7.05 Å². The predicted molar refractivity (Wildman–Crippen MR) is 44.7 cm³/mol. The first-order valence-corrected chi connectivity index (χ1v) is 3.53. The van der Waals surface area contributed by atoms with Crippen LogP contribution in [-0.2, 0) is 0 Å². The van der Waals surface area contributed by atoms with Crippen LogP contribution in [0.2, 0.25) is 0 Å². The highest BCUT2D eigenvalue weighted by molar-refractivity contribution is 7.19. The fraction of sp³-hybridized carbons (Fsp3) is 0.800. The fourth-order valence-electron chi connectivity index (χ4n) is 0.548. The van der Waals surface area contributed by atoms with Crippen molar-refractivity contribution >= 4 is 15.0 Å². The summed E-state index contributed by atoms with van der Waals surface area (Å²) in [5.74, 6) is 5.10. The van der Waals surface area contributed by atoms with E-state index < -0.39 is 0 Å². The molecule has 0 heterocycles. The summed E-state index contributed by atoms with van der Waals surface area (Å²) in [5.41, 5.74) is 4.04. The van der Waals surface area contributed by atoms with E-state index in [0.29, 0.717) is 12.2 Å². The van der Waals surface area contributed by atoms with E-state index in [4.69, 9.17) is 5.84 Å². The van der Waals surface area contributed by atoms with E-state index >= 15 is 0 Å². The van der Waals surface area contributed by atoms with Crippen molar-refractivity contribution in [3.63, 3.8) is 0 Å². The number of nitrogens with zero attached hydrogens (tertiary/aromatic N) is 1. The maximum absolute atomic E-state index is 5.10. The third kappa shape index (κ3) is 3.57. The highest BCUT2D eigenvalue weighted by Gasteiger charge is 2.00. The zero-order valence-corrected chi connectivity index (χ0v) is 7.04. The first kappa shape index (κ1) is 9.02. The SMILES string of the molecule is C/N=C(/CNN)C(C)P. The molecule has 0 aromatic rings. The second-order valence-corrected chi connectivity index (χ2v) is 2.88. The van der Waals surface area contributed by atoms with Gasteiger partial charge in [-0.2, -0.15) is 0 Å². The largest absolute Gasteiger partial charge is 0.295 e. The lowest BCUT2D eigenvalue weighted by atomic mass is 10.3. The van der Waals surface area contributed by atoms with Gasteiger partial charge >= 0.3 is 0 Å². The van der Waals surface area contributed by atoms with Crippen molar-refractivity contribution in [2.75, 3.05) is 13.6 Å². The first-order valence-electron chi connectivity index (χ1n) is 2.87. The summed E-state index contributed by atoms with van der Waals surface area (Å²) in [6.07, 6.45) is 0. The molecular formula is C5H14N3P.